The second kappa shape index (κ2) is 13.6. The van der Waals surface area contributed by atoms with E-state index in [9.17, 15) is 19.5 Å². The van der Waals surface area contributed by atoms with Crippen molar-refractivity contribution < 1.29 is 24.2 Å². The van der Waals surface area contributed by atoms with Crippen LogP contribution in [-0.4, -0.2) is 57.1 Å². The van der Waals surface area contributed by atoms with Crippen molar-refractivity contribution >= 4 is 17.8 Å². The van der Waals surface area contributed by atoms with Crippen molar-refractivity contribution in [2.75, 3.05) is 13.6 Å². The minimum Gasteiger partial charge on any atom is -0.481 e. The lowest BCUT2D eigenvalue weighted by molar-refractivity contribution is -0.250. The lowest BCUT2D eigenvalue weighted by Gasteiger charge is -2.73. The van der Waals surface area contributed by atoms with Gasteiger partial charge in [-0.25, -0.2) is 4.98 Å². The first-order valence-electron chi connectivity index (χ1n) is 20.5. The van der Waals surface area contributed by atoms with Crippen LogP contribution in [0.25, 0.3) is 0 Å². The molecule has 0 spiro atoms. The van der Waals surface area contributed by atoms with E-state index in [4.69, 9.17) is 4.74 Å². The van der Waals surface area contributed by atoms with E-state index in [0.717, 1.165) is 58.0 Å². The quantitative estimate of drug-likeness (QED) is 0.181. The van der Waals surface area contributed by atoms with Crippen LogP contribution in [0.2, 0.25) is 0 Å². The number of carbonyl (C=O) groups excluding carboxylic acids is 2. The highest BCUT2D eigenvalue weighted by Crippen LogP contribution is 2.78. The molecule has 0 unspecified atom stereocenters. The largest absolute Gasteiger partial charge is 0.481 e. The zero-order chi connectivity index (χ0) is 38.1. The summed E-state index contributed by atoms with van der Waals surface area (Å²) < 4.78 is 8.27. The number of hydrogen-bond donors (Lipinski definition) is 1. The predicted molar refractivity (Wildman–Crippen MR) is 204 cm³/mol. The number of esters is 1. The third-order valence-electron chi connectivity index (χ3n) is 17.0. The molecule has 0 radical (unpaired) electrons. The average molecular weight is 720 g/mol. The van der Waals surface area contributed by atoms with Crippen molar-refractivity contribution in [2.24, 2.45) is 62.1 Å². The van der Waals surface area contributed by atoms with Gasteiger partial charge < -0.3 is 19.3 Å². The highest BCUT2D eigenvalue weighted by atomic mass is 16.5. The van der Waals surface area contributed by atoms with E-state index in [-0.39, 0.29) is 39.6 Å². The Morgan fingerprint density at radius 2 is 1.69 bits per heavy atom. The van der Waals surface area contributed by atoms with Crippen LogP contribution in [0.4, 0.5) is 0 Å². The Bertz CT molecular complexity index is 1530. The number of carboxylic acids is 1. The Morgan fingerprint density at radius 3 is 2.35 bits per heavy atom. The van der Waals surface area contributed by atoms with Gasteiger partial charge in [-0.05, 0) is 143 Å². The monoisotopic (exact) mass is 720 g/mol. The molecule has 0 aliphatic heterocycles. The fraction of sp³-hybridized carbons (Fsp3) is 0.818. The molecule has 5 aliphatic carbocycles. The molecule has 0 aromatic carbocycles. The van der Waals surface area contributed by atoms with Gasteiger partial charge in [0.05, 0.1) is 18.2 Å². The molecule has 1 aromatic rings. The number of hydrogen-bond acceptors (Lipinski definition) is 5. The number of aromatic nitrogens is 2. The molecule has 8 nitrogen and oxygen atoms in total. The first-order chi connectivity index (χ1) is 24.2. The van der Waals surface area contributed by atoms with Gasteiger partial charge in [0.1, 0.15) is 6.10 Å². The van der Waals surface area contributed by atoms with Gasteiger partial charge in [0.25, 0.3) is 0 Å². The number of rotatable bonds is 11. The molecule has 10 atom stereocenters. The first-order valence-corrected chi connectivity index (χ1v) is 20.5. The van der Waals surface area contributed by atoms with Crippen molar-refractivity contribution in [1.29, 1.82) is 0 Å². The van der Waals surface area contributed by atoms with Crippen LogP contribution < -0.4 is 0 Å². The number of ether oxygens (including phenoxy) is 1. The Kier molecular flexibility index (Phi) is 10.2. The summed E-state index contributed by atoms with van der Waals surface area (Å²) in [7, 11) is 2.00. The zero-order valence-electron chi connectivity index (χ0n) is 33.9. The molecule has 5 aliphatic rings. The summed E-state index contributed by atoms with van der Waals surface area (Å²) in [6.45, 7) is 24.1. The molecule has 5 saturated carbocycles. The second-order valence-corrected chi connectivity index (χ2v) is 20.4. The third kappa shape index (κ3) is 6.28. The van der Waals surface area contributed by atoms with E-state index in [1.807, 2.05) is 30.7 Å². The normalized spacial score (nSPS) is 39.3. The minimum absolute atomic E-state index is 0.0485. The van der Waals surface area contributed by atoms with Crippen molar-refractivity contribution in [2.45, 2.75) is 152 Å². The number of carboxylic acid groups (broad SMARTS) is 1. The number of aryl methyl sites for hydroxylation is 1. The van der Waals surface area contributed by atoms with Crippen LogP contribution >= 0.6 is 0 Å². The van der Waals surface area contributed by atoms with Crippen LogP contribution in [0.1, 0.15) is 139 Å². The topological polar surface area (TPSA) is 102 Å². The van der Waals surface area contributed by atoms with Crippen molar-refractivity contribution in [3.05, 3.63) is 30.9 Å². The molecule has 5 fully saturated rings. The summed E-state index contributed by atoms with van der Waals surface area (Å²) in [5, 5.41) is 9.62. The van der Waals surface area contributed by atoms with Gasteiger partial charge in [0.2, 0.25) is 5.91 Å². The zero-order valence-corrected chi connectivity index (χ0v) is 33.9. The summed E-state index contributed by atoms with van der Waals surface area (Å²) in [5.74, 6) is 1.51. The second-order valence-electron chi connectivity index (χ2n) is 20.4. The Hall–Kier alpha value is -2.64. The average Bonchev–Trinajstić information content (AvgIpc) is 3.71. The SMILES string of the molecule is C=C(C)[C@@H]1CC[C@]2(CC(=O)N(C)CCCn3ccnc3)CC[C@]3(C)[C@H](CC[C@@H]4[C@@]5(C)CC[C@H](OC(=O)CC(C)(C)C(=O)O)C(C)(C)[C@@H]5CC[C@]43C)[C@@H]12. The van der Waals surface area contributed by atoms with E-state index < -0.39 is 17.4 Å². The van der Waals surface area contributed by atoms with Crippen molar-refractivity contribution in [1.82, 2.24) is 14.5 Å². The number of aliphatic carboxylic acids is 1. The fourth-order valence-electron chi connectivity index (χ4n) is 13.9. The van der Waals surface area contributed by atoms with Crippen molar-refractivity contribution in [3.63, 3.8) is 0 Å². The molecule has 1 N–H and O–H groups in total. The molecule has 1 heterocycles. The van der Waals surface area contributed by atoms with Crippen LogP contribution in [-0.2, 0) is 25.7 Å². The van der Waals surface area contributed by atoms with Crippen molar-refractivity contribution in [3.8, 4) is 0 Å². The Balaban J connectivity index is 1.20. The lowest BCUT2D eigenvalue weighted by atomic mass is 9.32. The standard InChI is InChI=1S/C44H69N3O5/c1-29(2)30-14-19-44(26-35(48)46(10)23-11-24-47-25-22-45-28-47)21-20-42(8)31(37(30)44)12-13-33-41(7)17-16-34(52-36(49)27-39(3,4)38(50)51)40(5,6)32(41)15-18-43(33,42)9/h22,25,28,30-34,37H,1,11-21,23-24,26-27H2,2-10H3,(H,50,51)/t30-,31+,32-,33+,34-,37+,41-,42+,43+,44+/m0/s1. The van der Waals surface area contributed by atoms with E-state index in [2.05, 4.69) is 57.7 Å². The maximum absolute atomic E-state index is 14.0. The Morgan fingerprint density at radius 1 is 0.962 bits per heavy atom. The van der Waals surface area contributed by atoms with Crippen LogP contribution in [0, 0.1) is 62.1 Å². The summed E-state index contributed by atoms with van der Waals surface area (Å²) >= 11 is 0. The number of nitrogens with zero attached hydrogens (tertiary/aromatic N) is 3. The maximum Gasteiger partial charge on any atom is 0.309 e. The minimum atomic E-state index is -1.14. The molecular weight excluding hydrogens is 651 g/mol. The first kappa shape index (κ1) is 39.1. The highest BCUT2D eigenvalue weighted by Gasteiger charge is 2.71. The highest BCUT2D eigenvalue weighted by molar-refractivity contribution is 5.81. The van der Waals surface area contributed by atoms with Gasteiger partial charge >= 0.3 is 11.9 Å². The third-order valence-corrected chi connectivity index (χ3v) is 17.0. The van der Waals surface area contributed by atoms with Gasteiger partial charge in [-0.2, -0.15) is 0 Å². The summed E-state index contributed by atoms with van der Waals surface area (Å²) in [5.41, 5.74) is 0.532. The van der Waals surface area contributed by atoms with Crippen LogP contribution in [0.15, 0.2) is 30.9 Å². The van der Waals surface area contributed by atoms with Gasteiger partial charge in [-0.3, -0.25) is 14.4 Å². The molecule has 6 rings (SSSR count). The number of carbonyl (C=O) groups is 3. The molecule has 1 aromatic heterocycles. The summed E-state index contributed by atoms with van der Waals surface area (Å²) in [6, 6.07) is 0. The number of amides is 1. The number of fused-ring (bicyclic) bond motifs is 7. The van der Waals surface area contributed by atoms with E-state index >= 15 is 0 Å². The molecule has 8 heteroatoms. The van der Waals surface area contributed by atoms with E-state index in [1.54, 1.807) is 13.8 Å². The lowest BCUT2D eigenvalue weighted by Crippen LogP contribution is -2.67. The van der Waals surface area contributed by atoms with Gasteiger partial charge in [-0.1, -0.05) is 46.8 Å². The summed E-state index contributed by atoms with van der Waals surface area (Å²) in [4.78, 5) is 45.0. The van der Waals surface area contributed by atoms with Gasteiger partial charge in [0, 0.05) is 44.4 Å². The predicted octanol–water partition coefficient (Wildman–Crippen LogP) is 9.19. The fourth-order valence-corrected chi connectivity index (χ4v) is 13.9. The molecule has 1 amide bonds. The van der Waals surface area contributed by atoms with Crippen LogP contribution in [0.5, 0.6) is 0 Å². The van der Waals surface area contributed by atoms with E-state index in [0.29, 0.717) is 41.9 Å². The molecular formula is C44H69N3O5. The van der Waals surface area contributed by atoms with Crippen LogP contribution in [0.3, 0.4) is 0 Å². The number of allylic oxidation sites excluding steroid dienone is 1. The smallest absolute Gasteiger partial charge is 0.309 e. The molecule has 52 heavy (non-hydrogen) atoms. The molecule has 290 valence electrons. The van der Waals surface area contributed by atoms with E-state index in [1.165, 1.54) is 31.3 Å². The molecule has 0 bridgehead atoms. The Labute approximate surface area is 313 Å². The number of imidazole rings is 1. The summed E-state index contributed by atoms with van der Waals surface area (Å²) in [6.07, 6.45) is 18.1. The molecule has 0 saturated heterocycles. The van der Waals surface area contributed by atoms with Gasteiger partial charge in [-0.15, -0.1) is 0 Å². The maximum atomic E-state index is 14.0. The van der Waals surface area contributed by atoms with Gasteiger partial charge in [0.15, 0.2) is 0 Å².